The summed E-state index contributed by atoms with van der Waals surface area (Å²) in [6, 6.07) is 14.5. The number of nitrogens with zero attached hydrogens (tertiary/aromatic N) is 5. The van der Waals surface area contributed by atoms with Crippen molar-refractivity contribution < 1.29 is 4.52 Å². The van der Waals surface area contributed by atoms with E-state index < -0.39 is 0 Å². The number of anilines is 1. The minimum Gasteiger partial charge on any atom is -0.352 e. The van der Waals surface area contributed by atoms with Crippen LogP contribution >= 0.6 is 0 Å². The zero-order valence-corrected chi connectivity index (χ0v) is 16.3. The topological polar surface area (TPSA) is 83.7 Å². The predicted molar refractivity (Wildman–Crippen MR) is 109 cm³/mol. The quantitative estimate of drug-likeness (QED) is 0.565. The molecule has 146 valence electrons. The van der Waals surface area contributed by atoms with Crippen molar-refractivity contribution in [2.24, 2.45) is 0 Å². The maximum Gasteiger partial charge on any atom is 0.258 e. The molecule has 0 saturated carbocycles. The third-order valence-corrected chi connectivity index (χ3v) is 5.36. The van der Waals surface area contributed by atoms with E-state index in [1.165, 1.54) is 16.8 Å². The molecule has 0 unspecified atom stereocenters. The predicted octanol–water partition coefficient (Wildman–Crippen LogP) is 3.51. The molecule has 0 amide bonds. The van der Waals surface area contributed by atoms with E-state index in [0.717, 1.165) is 49.4 Å². The highest BCUT2D eigenvalue weighted by Gasteiger charge is 2.23. The second-order valence-electron chi connectivity index (χ2n) is 7.33. The Morgan fingerprint density at radius 1 is 1.14 bits per heavy atom. The van der Waals surface area contributed by atoms with Crippen LogP contribution < -0.4 is 4.90 Å². The SMILES string of the molecule is Cc1noc(-c2ccnc(N3CCc4[nH]nc(CCc5ccccc5)c4C3)c2)n1. The Hall–Kier alpha value is -3.48. The number of aromatic nitrogens is 5. The first-order chi connectivity index (χ1) is 14.3. The summed E-state index contributed by atoms with van der Waals surface area (Å²) >= 11 is 0. The normalized spacial score (nSPS) is 13.5. The fourth-order valence-electron chi connectivity index (χ4n) is 3.80. The van der Waals surface area contributed by atoms with Crippen LogP contribution in [-0.2, 0) is 25.8 Å². The minimum absolute atomic E-state index is 0.524. The Labute approximate surface area is 168 Å². The molecule has 1 aliphatic rings. The average molecular weight is 386 g/mol. The zero-order valence-electron chi connectivity index (χ0n) is 16.3. The van der Waals surface area contributed by atoms with Gasteiger partial charge in [0.15, 0.2) is 5.82 Å². The molecule has 1 N–H and O–H groups in total. The molecule has 7 nitrogen and oxygen atoms in total. The van der Waals surface area contributed by atoms with Gasteiger partial charge < -0.3 is 9.42 Å². The molecule has 29 heavy (non-hydrogen) atoms. The lowest BCUT2D eigenvalue weighted by atomic mass is 10.0. The molecule has 0 fully saturated rings. The number of fused-ring (bicyclic) bond motifs is 1. The minimum atomic E-state index is 0.524. The van der Waals surface area contributed by atoms with Crippen molar-refractivity contribution in [3.63, 3.8) is 0 Å². The van der Waals surface area contributed by atoms with Crippen molar-refractivity contribution in [3.05, 3.63) is 77.0 Å². The van der Waals surface area contributed by atoms with Gasteiger partial charge in [-0.25, -0.2) is 4.98 Å². The largest absolute Gasteiger partial charge is 0.352 e. The maximum absolute atomic E-state index is 5.31. The van der Waals surface area contributed by atoms with E-state index in [0.29, 0.717) is 11.7 Å². The summed E-state index contributed by atoms with van der Waals surface area (Å²) in [5.41, 5.74) is 5.91. The molecule has 1 aromatic carbocycles. The Balaban J connectivity index is 1.35. The van der Waals surface area contributed by atoms with Gasteiger partial charge in [0.05, 0.1) is 5.69 Å². The first-order valence-electron chi connectivity index (χ1n) is 9.87. The number of H-pyrrole nitrogens is 1. The Morgan fingerprint density at radius 2 is 2.03 bits per heavy atom. The van der Waals surface area contributed by atoms with Crippen LogP contribution in [0.3, 0.4) is 0 Å². The lowest BCUT2D eigenvalue weighted by Crippen LogP contribution is -2.31. The van der Waals surface area contributed by atoms with E-state index in [1.807, 2.05) is 19.1 Å². The van der Waals surface area contributed by atoms with Crippen LogP contribution in [-0.4, -0.2) is 31.9 Å². The summed E-state index contributed by atoms with van der Waals surface area (Å²) in [4.78, 5) is 11.2. The fourth-order valence-corrected chi connectivity index (χ4v) is 3.80. The molecular weight excluding hydrogens is 364 g/mol. The molecular formula is C22H22N6O. The highest BCUT2D eigenvalue weighted by molar-refractivity contribution is 5.59. The van der Waals surface area contributed by atoms with Crippen molar-refractivity contribution in [1.29, 1.82) is 0 Å². The van der Waals surface area contributed by atoms with Gasteiger partial charge >= 0.3 is 0 Å². The number of aromatic amines is 1. The summed E-state index contributed by atoms with van der Waals surface area (Å²) in [5, 5.41) is 11.7. The first kappa shape index (κ1) is 17.6. The van der Waals surface area contributed by atoms with E-state index >= 15 is 0 Å². The molecule has 4 aromatic rings. The molecule has 4 heterocycles. The number of rotatable bonds is 5. The van der Waals surface area contributed by atoms with E-state index in [4.69, 9.17) is 4.52 Å². The van der Waals surface area contributed by atoms with Gasteiger partial charge in [-0.15, -0.1) is 0 Å². The third-order valence-electron chi connectivity index (χ3n) is 5.36. The van der Waals surface area contributed by atoms with E-state index in [9.17, 15) is 0 Å². The summed E-state index contributed by atoms with van der Waals surface area (Å²) in [7, 11) is 0. The summed E-state index contributed by atoms with van der Waals surface area (Å²) in [6.45, 7) is 3.51. The van der Waals surface area contributed by atoms with Gasteiger partial charge in [0.1, 0.15) is 5.82 Å². The monoisotopic (exact) mass is 386 g/mol. The molecule has 0 saturated heterocycles. The van der Waals surface area contributed by atoms with Gasteiger partial charge in [-0.3, -0.25) is 5.10 Å². The van der Waals surface area contributed by atoms with Crippen molar-refractivity contribution >= 4 is 5.82 Å². The second-order valence-corrected chi connectivity index (χ2v) is 7.33. The van der Waals surface area contributed by atoms with E-state index in [-0.39, 0.29) is 0 Å². The fraction of sp³-hybridized carbons (Fsp3) is 0.273. The van der Waals surface area contributed by atoms with E-state index in [2.05, 4.69) is 60.6 Å². The molecule has 0 atom stereocenters. The van der Waals surface area contributed by atoms with Crippen LogP contribution in [0.1, 0.15) is 28.3 Å². The zero-order chi connectivity index (χ0) is 19.6. The van der Waals surface area contributed by atoms with E-state index in [1.54, 1.807) is 6.20 Å². The summed E-state index contributed by atoms with van der Waals surface area (Å²) in [5.74, 6) is 2.07. The van der Waals surface area contributed by atoms with Gasteiger partial charge in [-0.1, -0.05) is 35.5 Å². The van der Waals surface area contributed by atoms with Crippen LogP contribution in [0, 0.1) is 6.92 Å². The van der Waals surface area contributed by atoms with Gasteiger partial charge in [-0.05, 0) is 37.5 Å². The average Bonchev–Trinajstić information content (AvgIpc) is 3.39. The number of hydrogen-bond acceptors (Lipinski definition) is 6. The van der Waals surface area contributed by atoms with Crippen LogP contribution in [0.15, 0.2) is 53.2 Å². The number of benzene rings is 1. The van der Waals surface area contributed by atoms with Crippen LogP contribution in [0.5, 0.6) is 0 Å². The van der Waals surface area contributed by atoms with Gasteiger partial charge in [0.25, 0.3) is 5.89 Å². The molecule has 0 spiro atoms. The van der Waals surface area contributed by atoms with Crippen LogP contribution in [0.25, 0.3) is 11.5 Å². The first-order valence-corrected chi connectivity index (χ1v) is 9.87. The number of nitrogens with one attached hydrogen (secondary N) is 1. The van der Waals surface area contributed by atoms with Crippen LogP contribution in [0.2, 0.25) is 0 Å². The standard InChI is InChI=1S/C22H22N6O/c1-15-24-22(29-27-15)17-9-11-23-21(13-17)28-12-10-20-18(14-28)19(25-26-20)8-7-16-5-3-2-4-6-16/h2-6,9,11,13H,7-8,10,12,14H2,1H3,(H,25,26). The lowest BCUT2D eigenvalue weighted by molar-refractivity contribution is 0.425. The van der Waals surface area contributed by atoms with Crippen molar-refractivity contribution in [2.45, 2.75) is 32.7 Å². The Kier molecular flexibility index (Phi) is 4.56. The third kappa shape index (κ3) is 3.63. The Morgan fingerprint density at radius 3 is 2.86 bits per heavy atom. The van der Waals surface area contributed by atoms with Gasteiger partial charge in [-0.2, -0.15) is 10.1 Å². The summed E-state index contributed by atoms with van der Waals surface area (Å²) in [6.07, 6.45) is 4.64. The number of hydrogen-bond donors (Lipinski definition) is 1. The smallest absolute Gasteiger partial charge is 0.258 e. The molecule has 5 rings (SSSR count). The van der Waals surface area contributed by atoms with Gasteiger partial charge in [0, 0.05) is 42.5 Å². The molecule has 0 aliphatic carbocycles. The van der Waals surface area contributed by atoms with Gasteiger partial charge in [0.2, 0.25) is 0 Å². The van der Waals surface area contributed by atoms with Crippen LogP contribution in [0.4, 0.5) is 5.82 Å². The number of aryl methyl sites for hydroxylation is 3. The van der Waals surface area contributed by atoms with Crippen molar-refractivity contribution in [2.75, 3.05) is 11.4 Å². The molecule has 7 heteroatoms. The highest BCUT2D eigenvalue weighted by atomic mass is 16.5. The molecule has 3 aromatic heterocycles. The Bertz CT molecular complexity index is 1120. The van der Waals surface area contributed by atoms with Crippen molar-refractivity contribution in [3.8, 4) is 11.5 Å². The highest BCUT2D eigenvalue weighted by Crippen LogP contribution is 2.27. The molecule has 0 bridgehead atoms. The molecule has 1 aliphatic heterocycles. The second kappa shape index (κ2) is 7.50. The van der Waals surface area contributed by atoms with Crippen molar-refractivity contribution in [1.82, 2.24) is 25.3 Å². The number of pyridine rings is 1. The maximum atomic E-state index is 5.31. The summed E-state index contributed by atoms with van der Waals surface area (Å²) < 4.78 is 5.31. The lowest BCUT2D eigenvalue weighted by Gasteiger charge is -2.28. The molecule has 0 radical (unpaired) electrons.